The van der Waals surface area contributed by atoms with Crippen LogP contribution in [0.25, 0.3) is 0 Å². The third kappa shape index (κ3) is 6.04. The Hall–Kier alpha value is -1.26. The van der Waals surface area contributed by atoms with Crippen molar-refractivity contribution in [2.45, 2.75) is 64.7 Å². The molecule has 0 aromatic rings. The molecule has 2 fully saturated rings. The lowest BCUT2D eigenvalue weighted by molar-refractivity contribution is -0.126. The van der Waals surface area contributed by atoms with E-state index in [1.165, 1.54) is 44.9 Å². The van der Waals surface area contributed by atoms with Crippen molar-refractivity contribution in [3.05, 3.63) is 0 Å². The summed E-state index contributed by atoms with van der Waals surface area (Å²) in [5.74, 6) is 0.860. The maximum absolute atomic E-state index is 12.3. The molecule has 1 aliphatic heterocycles. The van der Waals surface area contributed by atoms with Crippen LogP contribution in [0.2, 0.25) is 0 Å². The van der Waals surface area contributed by atoms with Gasteiger partial charge < -0.3 is 15.5 Å². The molecule has 1 aliphatic carbocycles. The minimum absolute atomic E-state index is 0.0569. The molecule has 132 valence electrons. The van der Waals surface area contributed by atoms with Crippen LogP contribution in [0.5, 0.6) is 0 Å². The third-order valence-electron chi connectivity index (χ3n) is 5.27. The zero-order valence-electron chi connectivity index (χ0n) is 14.6. The van der Waals surface area contributed by atoms with E-state index in [0.717, 1.165) is 19.4 Å². The molecule has 0 spiro atoms. The molecule has 2 rings (SSSR count). The van der Waals surface area contributed by atoms with Gasteiger partial charge >= 0.3 is 6.03 Å². The fourth-order valence-electron chi connectivity index (χ4n) is 3.75. The van der Waals surface area contributed by atoms with Gasteiger partial charge in [-0.25, -0.2) is 4.79 Å². The van der Waals surface area contributed by atoms with Crippen molar-refractivity contribution in [2.75, 3.05) is 26.2 Å². The number of hydrogen-bond donors (Lipinski definition) is 2. The number of carbonyl (C=O) groups excluding carboxylic acids is 2. The molecule has 0 aromatic heterocycles. The monoisotopic (exact) mass is 323 g/mol. The Morgan fingerprint density at radius 2 is 1.52 bits per heavy atom. The predicted octanol–water partition coefficient (Wildman–Crippen LogP) is 2.90. The molecule has 23 heavy (non-hydrogen) atoms. The van der Waals surface area contributed by atoms with Gasteiger partial charge in [0.05, 0.1) is 0 Å². The summed E-state index contributed by atoms with van der Waals surface area (Å²) in [6.07, 6.45) is 10.7. The highest BCUT2D eigenvalue weighted by Gasteiger charge is 2.27. The molecule has 2 aliphatic rings. The average molecular weight is 323 g/mol. The predicted molar refractivity (Wildman–Crippen MR) is 92.2 cm³/mol. The van der Waals surface area contributed by atoms with E-state index < -0.39 is 0 Å². The van der Waals surface area contributed by atoms with Crippen molar-refractivity contribution in [3.8, 4) is 0 Å². The summed E-state index contributed by atoms with van der Waals surface area (Å²) in [4.78, 5) is 26.0. The molecule has 0 atom stereocenters. The second-order valence-electron chi connectivity index (χ2n) is 7.05. The summed E-state index contributed by atoms with van der Waals surface area (Å²) >= 11 is 0. The van der Waals surface area contributed by atoms with Crippen LogP contribution in [0.15, 0.2) is 0 Å². The van der Waals surface area contributed by atoms with Gasteiger partial charge in [0.1, 0.15) is 0 Å². The highest BCUT2D eigenvalue weighted by atomic mass is 16.2. The minimum Gasteiger partial charge on any atom is -0.356 e. The van der Waals surface area contributed by atoms with Crippen LogP contribution in [-0.2, 0) is 4.79 Å². The van der Waals surface area contributed by atoms with E-state index in [1.54, 1.807) is 0 Å². The number of urea groups is 1. The van der Waals surface area contributed by atoms with Crippen molar-refractivity contribution < 1.29 is 9.59 Å². The quantitative estimate of drug-likeness (QED) is 0.835. The summed E-state index contributed by atoms with van der Waals surface area (Å²) in [6, 6.07) is 0.0569. The number of nitrogens with one attached hydrogen (secondary N) is 2. The van der Waals surface area contributed by atoms with E-state index in [-0.39, 0.29) is 17.9 Å². The number of rotatable bonds is 4. The lowest BCUT2D eigenvalue weighted by atomic mass is 9.91. The van der Waals surface area contributed by atoms with Crippen molar-refractivity contribution >= 4 is 11.9 Å². The Balaban J connectivity index is 1.67. The van der Waals surface area contributed by atoms with Crippen molar-refractivity contribution in [3.63, 3.8) is 0 Å². The van der Waals surface area contributed by atoms with Gasteiger partial charge in [0, 0.05) is 32.1 Å². The Kier molecular flexibility index (Phi) is 7.69. The van der Waals surface area contributed by atoms with E-state index in [9.17, 15) is 9.59 Å². The summed E-state index contributed by atoms with van der Waals surface area (Å²) < 4.78 is 0. The van der Waals surface area contributed by atoms with Crippen LogP contribution >= 0.6 is 0 Å². The normalized spacial score (nSPS) is 21.3. The molecule has 1 saturated heterocycles. The van der Waals surface area contributed by atoms with Gasteiger partial charge in [-0.05, 0) is 38.5 Å². The van der Waals surface area contributed by atoms with E-state index in [1.807, 2.05) is 11.8 Å². The molecule has 0 bridgehead atoms. The number of nitrogens with zero attached hydrogens (tertiary/aromatic N) is 1. The van der Waals surface area contributed by atoms with Gasteiger partial charge in [-0.15, -0.1) is 0 Å². The average Bonchev–Trinajstić information content (AvgIpc) is 2.54. The highest BCUT2D eigenvalue weighted by molar-refractivity contribution is 5.79. The van der Waals surface area contributed by atoms with Crippen molar-refractivity contribution in [1.82, 2.24) is 15.5 Å². The maximum Gasteiger partial charge on any atom is 0.317 e. The summed E-state index contributed by atoms with van der Waals surface area (Å²) in [6.45, 7) is 4.82. The smallest absolute Gasteiger partial charge is 0.317 e. The van der Waals surface area contributed by atoms with Crippen LogP contribution < -0.4 is 10.6 Å². The number of likely N-dealkylation sites (tertiary alicyclic amines) is 1. The Labute approximate surface area is 140 Å². The first-order valence-electron chi connectivity index (χ1n) is 9.51. The fraction of sp³-hybridized carbons (Fsp3) is 0.889. The summed E-state index contributed by atoms with van der Waals surface area (Å²) in [7, 11) is 0. The highest BCUT2D eigenvalue weighted by Crippen LogP contribution is 2.22. The van der Waals surface area contributed by atoms with Crippen LogP contribution in [0, 0.1) is 11.8 Å². The number of hydrogen-bond acceptors (Lipinski definition) is 2. The first-order chi connectivity index (χ1) is 11.2. The van der Waals surface area contributed by atoms with E-state index in [0.29, 0.717) is 25.6 Å². The zero-order valence-corrected chi connectivity index (χ0v) is 14.6. The second-order valence-corrected chi connectivity index (χ2v) is 7.05. The minimum atomic E-state index is 0.0569. The van der Waals surface area contributed by atoms with Crippen LogP contribution in [0.4, 0.5) is 4.79 Å². The molecule has 1 heterocycles. The van der Waals surface area contributed by atoms with Gasteiger partial charge in [-0.1, -0.05) is 32.1 Å². The molecule has 5 nitrogen and oxygen atoms in total. The van der Waals surface area contributed by atoms with E-state index in [4.69, 9.17) is 0 Å². The van der Waals surface area contributed by atoms with Crippen molar-refractivity contribution in [1.29, 1.82) is 0 Å². The maximum atomic E-state index is 12.3. The van der Waals surface area contributed by atoms with Crippen LogP contribution in [0.1, 0.15) is 64.7 Å². The van der Waals surface area contributed by atoms with E-state index >= 15 is 0 Å². The van der Waals surface area contributed by atoms with Crippen molar-refractivity contribution in [2.24, 2.45) is 11.8 Å². The number of carbonyl (C=O) groups is 2. The van der Waals surface area contributed by atoms with Gasteiger partial charge in [-0.2, -0.15) is 0 Å². The summed E-state index contributed by atoms with van der Waals surface area (Å²) in [5, 5.41) is 6.01. The fourth-order valence-corrected chi connectivity index (χ4v) is 3.75. The van der Waals surface area contributed by atoms with Gasteiger partial charge in [-0.3, -0.25) is 4.79 Å². The van der Waals surface area contributed by atoms with E-state index in [2.05, 4.69) is 10.6 Å². The molecule has 0 aromatic carbocycles. The first-order valence-corrected chi connectivity index (χ1v) is 9.51. The Bertz CT molecular complexity index is 370. The van der Waals surface area contributed by atoms with Gasteiger partial charge in [0.15, 0.2) is 0 Å². The standard InChI is InChI=1S/C18H33N3O2/c1-2-19-17(22)16-10-12-21(13-11-16)18(23)20-14-15-8-6-4-3-5-7-9-15/h15-16H,2-14H2,1H3,(H,19,22)(H,20,23). The first kappa shape index (κ1) is 18.1. The molecule has 0 radical (unpaired) electrons. The van der Waals surface area contributed by atoms with Gasteiger partial charge in [0.2, 0.25) is 5.91 Å². The molecule has 0 unspecified atom stereocenters. The Morgan fingerprint density at radius 1 is 0.913 bits per heavy atom. The molecule has 1 saturated carbocycles. The topological polar surface area (TPSA) is 61.4 Å². The van der Waals surface area contributed by atoms with Crippen LogP contribution in [0.3, 0.4) is 0 Å². The SMILES string of the molecule is CCNC(=O)C1CCN(C(=O)NCC2CCCCCCC2)CC1. The van der Waals surface area contributed by atoms with Gasteiger partial charge in [0.25, 0.3) is 0 Å². The summed E-state index contributed by atoms with van der Waals surface area (Å²) in [5.41, 5.74) is 0. The third-order valence-corrected chi connectivity index (χ3v) is 5.27. The zero-order chi connectivity index (χ0) is 16.5. The molecule has 3 amide bonds. The molecular formula is C18H33N3O2. The number of amides is 3. The Morgan fingerprint density at radius 3 is 2.13 bits per heavy atom. The number of piperidine rings is 1. The largest absolute Gasteiger partial charge is 0.356 e. The molecule has 2 N–H and O–H groups in total. The molecule has 5 heteroatoms. The second kappa shape index (κ2) is 9.78. The lowest BCUT2D eigenvalue weighted by Crippen LogP contribution is -2.47. The molecular weight excluding hydrogens is 290 g/mol. The lowest BCUT2D eigenvalue weighted by Gasteiger charge is -2.32. The van der Waals surface area contributed by atoms with Crippen LogP contribution in [-0.4, -0.2) is 43.0 Å².